The number of carbonyl (C=O) groups is 3. The van der Waals surface area contributed by atoms with Gasteiger partial charge in [-0.05, 0) is 72.8 Å². The van der Waals surface area contributed by atoms with Gasteiger partial charge in [-0.1, -0.05) is 0 Å². The molecule has 0 saturated carbocycles. The van der Waals surface area contributed by atoms with Crippen molar-refractivity contribution in [3.05, 3.63) is 89.5 Å². The molecule has 0 radical (unpaired) electrons. The number of hydrogen-bond donors (Lipinski definition) is 0. The minimum absolute atomic E-state index is 0.0870. The third-order valence-corrected chi connectivity index (χ3v) is 5.90. The number of esters is 3. The molecule has 40 heavy (non-hydrogen) atoms. The Labute approximate surface area is 233 Å². The van der Waals surface area contributed by atoms with Crippen LogP contribution in [0.2, 0.25) is 0 Å². The van der Waals surface area contributed by atoms with E-state index in [2.05, 4.69) is 0 Å². The van der Waals surface area contributed by atoms with Gasteiger partial charge in [0.1, 0.15) is 37.1 Å². The fraction of sp³-hybridized carbons (Fsp3) is 0.300. The summed E-state index contributed by atoms with van der Waals surface area (Å²) >= 11 is 0. The molecule has 0 aliphatic heterocycles. The molecule has 10 nitrogen and oxygen atoms in total. The Morgan fingerprint density at radius 1 is 0.475 bits per heavy atom. The highest BCUT2D eigenvalue weighted by atomic mass is 16.5. The van der Waals surface area contributed by atoms with Gasteiger partial charge in [0.15, 0.2) is 0 Å². The Hall–Kier alpha value is -4.57. The molecule has 3 aromatic rings. The molecule has 0 saturated heterocycles. The molecule has 0 spiro atoms. The van der Waals surface area contributed by atoms with Crippen molar-refractivity contribution in [3.8, 4) is 17.2 Å². The quantitative estimate of drug-likeness (QED) is 0.204. The predicted molar refractivity (Wildman–Crippen MR) is 146 cm³/mol. The highest BCUT2D eigenvalue weighted by molar-refractivity contribution is 5.90. The van der Waals surface area contributed by atoms with Crippen molar-refractivity contribution in [1.29, 1.82) is 0 Å². The molecule has 0 N–H and O–H groups in total. The summed E-state index contributed by atoms with van der Waals surface area (Å²) in [5.41, 5.74) is 1.19. The maximum absolute atomic E-state index is 12.4. The van der Waals surface area contributed by atoms with Crippen LogP contribution >= 0.6 is 0 Å². The monoisotopic (exact) mass is 551 g/mol. The Balaban J connectivity index is 1.51. The molecule has 0 aliphatic rings. The lowest BCUT2D eigenvalue weighted by molar-refractivity contribution is 0.0331. The fourth-order valence-electron chi connectivity index (χ4n) is 3.57. The van der Waals surface area contributed by atoms with Crippen LogP contribution in [0.4, 0.5) is 0 Å². The minimum atomic E-state index is -0.473. The second-order valence-electron chi connectivity index (χ2n) is 8.43. The maximum atomic E-state index is 12.4. The van der Waals surface area contributed by atoms with Gasteiger partial charge in [0, 0.05) is 19.6 Å². The fourth-order valence-corrected chi connectivity index (χ4v) is 3.57. The predicted octanol–water partition coefficient (Wildman–Crippen LogP) is 3.89. The number of hydrogen-bond acceptors (Lipinski definition) is 10. The van der Waals surface area contributed by atoms with Crippen LogP contribution in [0.1, 0.15) is 31.1 Å². The molecule has 3 rings (SSSR count). The first kappa shape index (κ1) is 30.0. The summed E-state index contributed by atoms with van der Waals surface area (Å²) in [7, 11) is 4.64. The number of rotatable bonds is 15. The topological polar surface area (TPSA) is 110 Å². The average Bonchev–Trinajstić information content (AvgIpc) is 3.00. The van der Waals surface area contributed by atoms with E-state index in [-0.39, 0.29) is 19.8 Å². The van der Waals surface area contributed by atoms with E-state index in [4.69, 9.17) is 28.4 Å². The third-order valence-electron chi connectivity index (χ3n) is 5.90. The van der Waals surface area contributed by atoms with E-state index < -0.39 is 17.9 Å². The van der Waals surface area contributed by atoms with Crippen molar-refractivity contribution in [3.63, 3.8) is 0 Å². The number of nitrogens with zero attached hydrogens (tertiary/aromatic N) is 1. The van der Waals surface area contributed by atoms with Crippen LogP contribution in [-0.4, -0.2) is 83.6 Å². The van der Waals surface area contributed by atoms with Crippen LogP contribution in [-0.2, 0) is 14.2 Å². The van der Waals surface area contributed by atoms with Crippen molar-refractivity contribution in [2.24, 2.45) is 0 Å². The zero-order chi connectivity index (χ0) is 28.7. The summed E-state index contributed by atoms with van der Waals surface area (Å²) < 4.78 is 31.5. The Morgan fingerprint density at radius 2 is 0.725 bits per heavy atom. The van der Waals surface area contributed by atoms with Gasteiger partial charge in [-0.25, -0.2) is 14.4 Å². The largest absolute Gasteiger partial charge is 0.497 e. The first-order valence-electron chi connectivity index (χ1n) is 12.6. The van der Waals surface area contributed by atoms with Gasteiger partial charge in [0.25, 0.3) is 0 Å². The molecule has 0 heterocycles. The SMILES string of the molecule is COc1ccc(C(=O)OCCN(CCOC(=O)c2ccc(OC)cc2)CCOC(=O)c2ccc(OC)cc2)cc1. The van der Waals surface area contributed by atoms with E-state index in [9.17, 15) is 14.4 Å². The minimum Gasteiger partial charge on any atom is -0.497 e. The molecule has 10 heteroatoms. The molecular weight excluding hydrogens is 518 g/mol. The van der Waals surface area contributed by atoms with Gasteiger partial charge in [0.2, 0.25) is 0 Å². The smallest absolute Gasteiger partial charge is 0.338 e. The molecule has 0 aliphatic carbocycles. The standard InChI is InChI=1S/C30H33NO9/c1-35-25-10-4-22(5-11-25)28(32)38-19-16-31(17-20-39-29(33)23-6-12-26(36-2)13-7-23)18-21-40-30(34)24-8-14-27(37-3)15-9-24/h4-15H,16-21H2,1-3H3. The second-order valence-corrected chi connectivity index (χ2v) is 8.43. The van der Waals surface area contributed by atoms with Gasteiger partial charge in [-0.3, -0.25) is 4.90 Å². The zero-order valence-electron chi connectivity index (χ0n) is 22.8. The molecule has 0 fully saturated rings. The molecule has 0 bridgehead atoms. The molecule has 0 unspecified atom stereocenters. The number of ether oxygens (including phenoxy) is 6. The van der Waals surface area contributed by atoms with Gasteiger partial charge < -0.3 is 28.4 Å². The van der Waals surface area contributed by atoms with Gasteiger partial charge in [-0.2, -0.15) is 0 Å². The van der Waals surface area contributed by atoms with Crippen LogP contribution in [0.25, 0.3) is 0 Å². The van der Waals surface area contributed by atoms with Crippen LogP contribution in [0.3, 0.4) is 0 Å². The van der Waals surface area contributed by atoms with E-state index in [0.717, 1.165) is 0 Å². The van der Waals surface area contributed by atoms with Crippen molar-refractivity contribution >= 4 is 17.9 Å². The molecule has 3 aromatic carbocycles. The molecular formula is C30H33NO9. The maximum Gasteiger partial charge on any atom is 0.338 e. The average molecular weight is 552 g/mol. The van der Waals surface area contributed by atoms with Crippen LogP contribution < -0.4 is 14.2 Å². The highest BCUT2D eigenvalue weighted by Crippen LogP contribution is 2.14. The summed E-state index contributed by atoms with van der Waals surface area (Å²) in [4.78, 5) is 39.1. The van der Waals surface area contributed by atoms with Crippen molar-refractivity contribution < 1.29 is 42.8 Å². The lowest BCUT2D eigenvalue weighted by Crippen LogP contribution is -2.35. The van der Waals surface area contributed by atoms with E-state index >= 15 is 0 Å². The molecule has 0 atom stereocenters. The van der Waals surface area contributed by atoms with Crippen LogP contribution in [0.15, 0.2) is 72.8 Å². The second kappa shape index (κ2) is 15.7. The van der Waals surface area contributed by atoms with E-state index in [1.165, 1.54) is 0 Å². The summed E-state index contributed by atoms with van der Waals surface area (Å²) in [5.74, 6) is 0.488. The first-order valence-corrected chi connectivity index (χ1v) is 12.6. The summed E-state index contributed by atoms with van der Waals surface area (Å²) in [6.45, 7) is 1.27. The zero-order valence-corrected chi connectivity index (χ0v) is 22.8. The highest BCUT2D eigenvalue weighted by Gasteiger charge is 2.14. The van der Waals surface area contributed by atoms with Crippen molar-refractivity contribution in [1.82, 2.24) is 4.90 Å². The van der Waals surface area contributed by atoms with E-state index in [0.29, 0.717) is 53.6 Å². The molecule has 212 valence electrons. The van der Waals surface area contributed by atoms with Crippen molar-refractivity contribution in [2.75, 3.05) is 60.8 Å². The Morgan fingerprint density at radius 3 is 0.950 bits per heavy atom. The number of methoxy groups -OCH3 is 3. The van der Waals surface area contributed by atoms with Gasteiger partial charge >= 0.3 is 17.9 Å². The van der Waals surface area contributed by atoms with E-state index in [1.54, 1.807) is 94.1 Å². The van der Waals surface area contributed by atoms with Crippen LogP contribution in [0, 0.1) is 0 Å². The van der Waals surface area contributed by atoms with E-state index in [1.807, 2.05) is 4.90 Å². The van der Waals surface area contributed by atoms with Gasteiger partial charge in [0.05, 0.1) is 38.0 Å². The normalized spacial score (nSPS) is 10.5. The van der Waals surface area contributed by atoms with Crippen molar-refractivity contribution in [2.45, 2.75) is 0 Å². The molecule has 0 amide bonds. The number of carbonyl (C=O) groups excluding carboxylic acids is 3. The lowest BCUT2D eigenvalue weighted by Gasteiger charge is -2.22. The Bertz CT molecular complexity index is 1070. The Kier molecular flexibility index (Phi) is 11.8. The van der Waals surface area contributed by atoms with Gasteiger partial charge in [-0.15, -0.1) is 0 Å². The summed E-state index contributed by atoms with van der Waals surface area (Å²) in [5, 5.41) is 0. The third kappa shape index (κ3) is 9.32. The summed E-state index contributed by atoms with van der Waals surface area (Å²) in [6.07, 6.45) is 0. The number of benzene rings is 3. The summed E-state index contributed by atoms with van der Waals surface area (Å²) in [6, 6.07) is 19.8. The van der Waals surface area contributed by atoms with Crippen LogP contribution in [0.5, 0.6) is 17.2 Å². The molecule has 0 aromatic heterocycles. The lowest BCUT2D eigenvalue weighted by atomic mass is 10.2. The first-order chi connectivity index (χ1) is 19.4.